The van der Waals surface area contributed by atoms with Gasteiger partial charge in [-0.25, -0.2) is 4.68 Å². The van der Waals surface area contributed by atoms with Gasteiger partial charge in [-0.3, -0.25) is 14.7 Å². The smallest absolute Gasteiger partial charge is 0.416 e. The van der Waals surface area contributed by atoms with Crippen molar-refractivity contribution in [1.82, 2.24) is 24.9 Å². The lowest BCUT2D eigenvalue weighted by molar-refractivity contribution is -0.137. The van der Waals surface area contributed by atoms with Crippen molar-refractivity contribution in [3.05, 3.63) is 77.2 Å². The maximum Gasteiger partial charge on any atom is 0.416 e. The number of hydrogen-bond acceptors (Lipinski definition) is 7. The Bertz CT molecular complexity index is 1590. The number of pyridine rings is 1. The minimum absolute atomic E-state index is 0.0784. The molecular formula is C30H33F3N6O3. The number of carbonyl (C=O) groups excluding carboxylic acids is 1. The Labute approximate surface area is 242 Å². The largest absolute Gasteiger partial charge is 0.495 e. The van der Waals surface area contributed by atoms with Crippen LogP contribution in [0.3, 0.4) is 0 Å². The minimum atomic E-state index is -4.62. The van der Waals surface area contributed by atoms with Crippen molar-refractivity contribution in [3.8, 4) is 28.4 Å². The lowest BCUT2D eigenvalue weighted by Gasteiger charge is -2.32. The Kier molecular flexibility index (Phi) is 8.58. The van der Waals surface area contributed by atoms with Gasteiger partial charge in [-0.1, -0.05) is 11.3 Å². The van der Waals surface area contributed by atoms with E-state index in [9.17, 15) is 18.0 Å². The van der Waals surface area contributed by atoms with Gasteiger partial charge in [-0.2, -0.15) is 13.2 Å². The molecule has 222 valence electrons. The second-order valence-electron chi connectivity index (χ2n) is 10.9. The molecule has 0 atom stereocenters. The van der Waals surface area contributed by atoms with Crippen LogP contribution in [0.2, 0.25) is 0 Å². The standard InChI is InChI=1S/C30H33F3N6O3/c1-18-8-9-19(12-26(18)39-17-25(36-37-39)20-11-23(41-6)15-34-14-20)28(40)35-24-13-22(30(31,32)33)10-21(27(24)42-7)16-38(5)29(2,3)4/h8-15,17H,16H2,1-7H3,(H,35,40). The number of hydrogen-bond donors (Lipinski definition) is 1. The van der Waals surface area contributed by atoms with Gasteiger partial charge in [0.2, 0.25) is 0 Å². The lowest BCUT2D eigenvalue weighted by atomic mass is 10.0. The summed E-state index contributed by atoms with van der Waals surface area (Å²) < 4.78 is 53.9. The number of aromatic nitrogens is 4. The summed E-state index contributed by atoms with van der Waals surface area (Å²) in [6.07, 6.45) is 0.268. The third-order valence-electron chi connectivity index (χ3n) is 6.95. The number of ether oxygens (including phenoxy) is 2. The molecule has 9 nitrogen and oxygen atoms in total. The molecule has 0 radical (unpaired) electrons. The van der Waals surface area contributed by atoms with E-state index in [4.69, 9.17) is 9.47 Å². The number of halogens is 3. The zero-order valence-electron chi connectivity index (χ0n) is 24.5. The molecule has 12 heteroatoms. The van der Waals surface area contributed by atoms with E-state index >= 15 is 0 Å². The zero-order valence-corrected chi connectivity index (χ0v) is 24.5. The van der Waals surface area contributed by atoms with Crippen LogP contribution in [0.4, 0.5) is 18.9 Å². The molecule has 0 aliphatic carbocycles. The van der Waals surface area contributed by atoms with E-state index in [1.165, 1.54) is 18.9 Å². The summed E-state index contributed by atoms with van der Waals surface area (Å²) in [6, 6.07) is 8.63. The number of alkyl halides is 3. The summed E-state index contributed by atoms with van der Waals surface area (Å²) in [6.45, 7) is 7.88. The molecule has 2 heterocycles. The van der Waals surface area contributed by atoms with Crippen LogP contribution in [0.25, 0.3) is 16.9 Å². The highest BCUT2D eigenvalue weighted by atomic mass is 19.4. The zero-order chi connectivity index (χ0) is 30.8. The Morgan fingerprint density at radius 2 is 1.79 bits per heavy atom. The first kappa shape index (κ1) is 30.5. The number of carbonyl (C=O) groups is 1. The molecule has 1 amide bonds. The first-order valence-corrected chi connectivity index (χ1v) is 13.0. The molecule has 0 aliphatic rings. The van der Waals surface area contributed by atoms with Crippen molar-refractivity contribution >= 4 is 11.6 Å². The van der Waals surface area contributed by atoms with E-state index in [1.807, 2.05) is 39.6 Å². The molecule has 2 aromatic heterocycles. The van der Waals surface area contributed by atoms with E-state index in [2.05, 4.69) is 20.6 Å². The molecule has 0 fully saturated rings. The summed E-state index contributed by atoms with van der Waals surface area (Å²) in [5, 5.41) is 11.1. The summed E-state index contributed by atoms with van der Waals surface area (Å²) in [5.41, 5.74) is 1.83. The summed E-state index contributed by atoms with van der Waals surface area (Å²) in [5.74, 6) is 0.115. The molecule has 0 bridgehead atoms. The highest BCUT2D eigenvalue weighted by molar-refractivity contribution is 6.05. The van der Waals surface area contributed by atoms with Crippen molar-refractivity contribution in [2.75, 3.05) is 26.6 Å². The maximum atomic E-state index is 13.9. The van der Waals surface area contributed by atoms with Crippen LogP contribution in [0, 0.1) is 6.92 Å². The number of nitrogens with one attached hydrogen (secondary N) is 1. The fraction of sp³-hybridized carbons (Fsp3) is 0.333. The quantitative estimate of drug-likeness (QED) is 0.266. The van der Waals surface area contributed by atoms with Crippen LogP contribution in [-0.2, 0) is 12.7 Å². The number of rotatable bonds is 8. The van der Waals surface area contributed by atoms with Crippen LogP contribution in [0.5, 0.6) is 11.5 Å². The third kappa shape index (κ3) is 6.71. The van der Waals surface area contributed by atoms with Gasteiger partial charge in [-0.15, -0.1) is 5.10 Å². The average molecular weight is 583 g/mol. The van der Waals surface area contributed by atoms with Gasteiger partial charge in [-0.05, 0) is 70.6 Å². The second kappa shape index (κ2) is 11.8. The van der Waals surface area contributed by atoms with Crippen LogP contribution in [0.15, 0.2) is 55.0 Å². The number of methoxy groups -OCH3 is 2. The first-order valence-electron chi connectivity index (χ1n) is 13.0. The molecule has 0 saturated carbocycles. The fourth-order valence-electron chi connectivity index (χ4n) is 4.17. The molecular weight excluding hydrogens is 549 g/mol. The summed E-state index contributed by atoms with van der Waals surface area (Å²) >= 11 is 0. The summed E-state index contributed by atoms with van der Waals surface area (Å²) in [7, 11) is 4.72. The maximum absolute atomic E-state index is 13.9. The van der Waals surface area contributed by atoms with E-state index in [0.717, 1.165) is 17.7 Å². The molecule has 0 saturated heterocycles. The summed E-state index contributed by atoms with van der Waals surface area (Å²) in [4.78, 5) is 19.4. The highest BCUT2D eigenvalue weighted by Crippen LogP contribution is 2.39. The minimum Gasteiger partial charge on any atom is -0.495 e. The fourth-order valence-corrected chi connectivity index (χ4v) is 4.17. The van der Waals surface area contributed by atoms with Gasteiger partial charge in [0.15, 0.2) is 0 Å². The van der Waals surface area contributed by atoms with Gasteiger partial charge in [0, 0.05) is 35.0 Å². The molecule has 1 N–H and O–H groups in total. The molecule has 42 heavy (non-hydrogen) atoms. The van der Waals surface area contributed by atoms with Gasteiger partial charge in [0.25, 0.3) is 5.91 Å². The second-order valence-corrected chi connectivity index (χ2v) is 10.9. The number of nitrogens with zero attached hydrogens (tertiary/aromatic N) is 5. The molecule has 4 aromatic rings. The Balaban J connectivity index is 1.68. The first-order chi connectivity index (χ1) is 19.7. The van der Waals surface area contributed by atoms with Crippen molar-refractivity contribution in [3.63, 3.8) is 0 Å². The van der Waals surface area contributed by atoms with E-state index in [-0.39, 0.29) is 29.1 Å². The molecule has 0 aliphatic heterocycles. The Morgan fingerprint density at radius 3 is 2.43 bits per heavy atom. The van der Waals surface area contributed by atoms with Crippen LogP contribution >= 0.6 is 0 Å². The predicted octanol–water partition coefficient (Wildman–Crippen LogP) is 6.16. The molecule has 4 rings (SSSR count). The van der Waals surface area contributed by atoms with E-state index in [1.54, 1.807) is 42.9 Å². The molecule has 2 aromatic carbocycles. The topological polar surface area (TPSA) is 94.4 Å². The van der Waals surface area contributed by atoms with Crippen molar-refractivity contribution in [2.24, 2.45) is 0 Å². The van der Waals surface area contributed by atoms with Gasteiger partial charge < -0.3 is 14.8 Å². The normalized spacial score (nSPS) is 12.0. The van der Waals surface area contributed by atoms with Crippen molar-refractivity contribution in [1.29, 1.82) is 0 Å². The van der Waals surface area contributed by atoms with Gasteiger partial charge in [0.1, 0.15) is 17.2 Å². The number of anilines is 1. The van der Waals surface area contributed by atoms with Crippen LogP contribution in [0.1, 0.15) is 47.8 Å². The van der Waals surface area contributed by atoms with Crippen molar-refractivity contribution < 1.29 is 27.4 Å². The van der Waals surface area contributed by atoms with Crippen LogP contribution < -0.4 is 14.8 Å². The molecule has 0 spiro atoms. The lowest BCUT2D eigenvalue weighted by Crippen LogP contribution is -2.37. The number of amides is 1. The van der Waals surface area contributed by atoms with E-state index in [0.29, 0.717) is 28.3 Å². The molecule has 0 unspecified atom stereocenters. The monoisotopic (exact) mass is 582 g/mol. The SMILES string of the molecule is COc1cncc(-c2cn(-c3cc(C(=O)Nc4cc(C(F)(F)F)cc(CN(C)C(C)(C)C)c4OC)ccc3C)nn2)c1. The van der Waals surface area contributed by atoms with Crippen molar-refractivity contribution in [2.45, 2.75) is 46.0 Å². The van der Waals surface area contributed by atoms with Gasteiger partial charge >= 0.3 is 6.18 Å². The number of benzene rings is 2. The average Bonchev–Trinajstić information content (AvgIpc) is 3.42. The Morgan fingerprint density at radius 1 is 1.05 bits per heavy atom. The number of aryl methyl sites for hydroxylation is 1. The van der Waals surface area contributed by atoms with Crippen LogP contribution in [-0.4, -0.2) is 57.6 Å². The Hall–Kier alpha value is -4.45. The highest BCUT2D eigenvalue weighted by Gasteiger charge is 2.33. The van der Waals surface area contributed by atoms with E-state index < -0.39 is 17.6 Å². The predicted molar refractivity (Wildman–Crippen MR) is 153 cm³/mol. The third-order valence-corrected chi connectivity index (χ3v) is 6.95. The van der Waals surface area contributed by atoms with Gasteiger partial charge in [0.05, 0.1) is 43.6 Å².